The van der Waals surface area contributed by atoms with Crippen LogP contribution < -0.4 is 16.4 Å². The van der Waals surface area contributed by atoms with E-state index in [4.69, 9.17) is 5.73 Å². The molecule has 0 aromatic heterocycles. The molecular weight excluding hydrogens is 290 g/mol. The van der Waals surface area contributed by atoms with Crippen LogP contribution in [-0.4, -0.2) is 24.4 Å². The lowest BCUT2D eigenvalue weighted by Crippen LogP contribution is -2.41. The van der Waals surface area contributed by atoms with Crippen molar-refractivity contribution in [2.75, 3.05) is 11.9 Å². The third-order valence-electron chi connectivity index (χ3n) is 4.24. The van der Waals surface area contributed by atoms with Gasteiger partial charge in [0.05, 0.1) is 0 Å². The Morgan fingerprint density at radius 2 is 2.13 bits per heavy atom. The second-order valence-electron chi connectivity index (χ2n) is 6.72. The molecular formula is C18H27N3O2. The number of carbonyl (C=O) groups is 2. The number of para-hydroxylation sites is 1. The Morgan fingerprint density at radius 1 is 1.39 bits per heavy atom. The maximum absolute atomic E-state index is 12.1. The van der Waals surface area contributed by atoms with Gasteiger partial charge in [-0.1, -0.05) is 32.0 Å². The molecule has 0 saturated heterocycles. The molecule has 0 aliphatic carbocycles. The minimum atomic E-state index is -0.142. The van der Waals surface area contributed by atoms with E-state index in [2.05, 4.69) is 24.5 Å². The molecule has 0 radical (unpaired) electrons. The second kappa shape index (κ2) is 8.11. The van der Waals surface area contributed by atoms with Gasteiger partial charge in [-0.25, -0.2) is 0 Å². The monoisotopic (exact) mass is 317 g/mol. The van der Waals surface area contributed by atoms with Crippen LogP contribution in [0.3, 0.4) is 0 Å². The maximum Gasteiger partial charge on any atom is 0.227 e. The molecule has 4 N–H and O–H groups in total. The number of amides is 2. The first-order valence-electron chi connectivity index (χ1n) is 8.37. The molecule has 0 spiro atoms. The lowest BCUT2D eigenvalue weighted by Gasteiger charge is -2.25. The summed E-state index contributed by atoms with van der Waals surface area (Å²) in [7, 11) is 0. The second-order valence-corrected chi connectivity index (χ2v) is 6.72. The van der Waals surface area contributed by atoms with Crippen molar-refractivity contribution < 1.29 is 9.59 Å². The van der Waals surface area contributed by atoms with Crippen LogP contribution in [0, 0.1) is 11.8 Å². The number of hydrogen-bond donors (Lipinski definition) is 3. The Labute approximate surface area is 138 Å². The molecule has 126 valence electrons. The third-order valence-corrected chi connectivity index (χ3v) is 4.24. The van der Waals surface area contributed by atoms with E-state index < -0.39 is 0 Å². The summed E-state index contributed by atoms with van der Waals surface area (Å²) in [6.45, 7) is 4.67. The van der Waals surface area contributed by atoms with Crippen LogP contribution in [0.1, 0.15) is 38.7 Å². The van der Waals surface area contributed by atoms with Gasteiger partial charge >= 0.3 is 0 Å². The van der Waals surface area contributed by atoms with Gasteiger partial charge in [-0.05, 0) is 36.8 Å². The molecule has 2 rings (SSSR count). The summed E-state index contributed by atoms with van der Waals surface area (Å²) < 4.78 is 0. The Morgan fingerprint density at radius 3 is 2.83 bits per heavy atom. The highest BCUT2D eigenvalue weighted by Crippen LogP contribution is 2.27. The fourth-order valence-electron chi connectivity index (χ4n) is 3.03. The average Bonchev–Trinajstić information content (AvgIpc) is 2.51. The maximum atomic E-state index is 12.1. The van der Waals surface area contributed by atoms with E-state index in [9.17, 15) is 9.59 Å². The predicted molar refractivity (Wildman–Crippen MR) is 91.9 cm³/mol. The van der Waals surface area contributed by atoms with Gasteiger partial charge in [0.15, 0.2) is 0 Å². The van der Waals surface area contributed by atoms with Gasteiger partial charge in [0.2, 0.25) is 11.8 Å². The third kappa shape index (κ3) is 5.06. The van der Waals surface area contributed by atoms with E-state index in [1.54, 1.807) is 0 Å². The van der Waals surface area contributed by atoms with Crippen LogP contribution in [0.25, 0.3) is 0 Å². The average molecular weight is 317 g/mol. The van der Waals surface area contributed by atoms with Gasteiger partial charge in [0.1, 0.15) is 0 Å². The Kier molecular flexibility index (Phi) is 6.16. The number of anilines is 1. The van der Waals surface area contributed by atoms with Crippen molar-refractivity contribution in [3.63, 3.8) is 0 Å². The predicted octanol–water partition coefficient (Wildman–Crippen LogP) is 2.07. The highest BCUT2D eigenvalue weighted by atomic mass is 16.2. The molecule has 5 nitrogen and oxygen atoms in total. The number of rotatable bonds is 7. The zero-order chi connectivity index (χ0) is 16.8. The van der Waals surface area contributed by atoms with Crippen molar-refractivity contribution in [1.29, 1.82) is 0 Å². The normalized spacial score (nSPS) is 18.3. The molecule has 2 unspecified atom stereocenters. The summed E-state index contributed by atoms with van der Waals surface area (Å²) in [6.07, 6.45) is 2.49. The van der Waals surface area contributed by atoms with E-state index in [0.717, 1.165) is 17.7 Å². The molecule has 2 amide bonds. The van der Waals surface area contributed by atoms with Crippen molar-refractivity contribution in [3.8, 4) is 0 Å². The molecule has 1 heterocycles. The zero-order valence-electron chi connectivity index (χ0n) is 14.0. The lowest BCUT2D eigenvalue weighted by molar-refractivity contribution is -0.123. The number of benzene rings is 1. The summed E-state index contributed by atoms with van der Waals surface area (Å²) >= 11 is 0. The molecule has 5 heteroatoms. The molecule has 1 aromatic rings. The summed E-state index contributed by atoms with van der Waals surface area (Å²) in [5, 5.41) is 5.90. The van der Waals surface area contributed by atoms with Crippen LogP contribution in [0.2, 0.25) is 0 Å². The van der Waals surface area contributed by atoms with Crippen LogP contribution in [0.4, 0.5) is 5.69 Å². The first-order valence-corrected chi connectivity index (χ1v) is 8.37. The molecule has 1 aromatic carbocycles. The fraction of sp³-hybridized carbons (Fsp3) is 0.556. The summed E-state index contributed by atoms with van der Waals surface area (Å²) in [4.78, 5) is 24.2. The summed E-state index contributed by atoms with van der Waals surface area (Å²) in [5.74, 6) is 0.336. The van der Waals surface area contributed by atoms with E-state index in [1.165, 1.54) is 0 Å². The Hall–Kier alpha value is -1.88. The highest BCUT2D eigenvalue weighted by Gasteiger charge is 2.26. The van der Waals surface area contributed by atoms with Crippen molar-refractivity contribution in [1.82, 2.24) is 5.32 Å². The van der Waals surface area contributed by atoms with Gasteiger partial charge in [-0.3, -0.25) is 9.59 Å². The van der Waals surface area contributed by atoms with Crippen molar-refractivity contribution in [3.05, 3.63) is 29.8 Å². The van der Waals surface area contributed by atoms with E-state index in [-0.39, 0.29) is 23.8 Å². The number of nitrogens with two attached hydrogens (primary N) is 1. The summed E-state index contributed by atoms with van der Waals surface area (Å²) in [6, 6.07) is 7.83. The first kappa shape index (κ1) is 17.5. The van der Waals surface area contributed by atoms with Gasteiger partial charge < -0.3 is 16.4 Å². The summed E-state index contributed by atoms with van der Waals surface area (Å²) in [5.41, 5.74) is 7.73. The molecule has 1 aliphatic heterocycles. The van der Waals surface area contributed by atoms with Gasteiger partial charge in [-0.2, -0.15) is 0 Å². The molecule has 0 fully saturated rings. The van der Waals surface area contributed by atoms with E-state index >= 15 is 0 Å². The first-order chi connectivity index (χ1) is 11.0. The number of nitrogens with one attached hydrogen (secondary N) is 2. The molecule has 1 aliphatic rings. The number of fused-ring (bicyclic) bond motifs is 1. The van der Waals surface area contributed by atoms with E-state index in [0.29, 0.717) is 31.7 Å². The van der Waals surface area contributed by atoms with Crippen LogP contribution >= 0.6 is 0 Å². The van der Waals surface area contributed by atoms with Crippen LogP contribution in [0.15, 0.2) is 24.3 Å². The Bertz CT molecular complexity index is 557. The van der Waals surface area contributed by atoms with Gasteiger partial charge in [0.25, 0.3) is 0 Å². The highest BCUT2D eigenvalue weighted by molar-refractivity contribution is 5.96. The lowest BCUT2D eigenvalue weighted by atomic mass is 9.89. The fourth-order valence-corrected chi connectivity index (χ4v) is 3.03. The SMILES string of the molecule is CC(C)CC(CN)NC(=O)CCC1Cc2ccccc2NC1=O. The molecule has 2 atom stereocenters. The largest absolute Gasteiger partial charge is 0.352 e. The minimum absolute atomic E-state index is 0.00838. The smallest absolute Gasteiger partial charge is 0.227 e. The van der Waals surface area contributed by atoms with Crippen molar-refractivity contribution in [2.24, 2.45) is 17.6 Å². The van der Waals surface area contributed by atoms with E-state index in [1.807, 2.05) is 24.3 Å². The molecule has 0 saturated carbocycles. The number of carbonyl (C=O) groups excluding carboxylic acids is 2. The standard InChI is InChI=1S/C18H27N3O2/c1-12(2)9-15(11-19)20-17(22)8-7-14-10-13-5-3-4-6-16(13)21-18(14)23/h3-6,12,14-15H,7-11,19H2,1-2H3,(H,20,22)(H,21,23). The van der Waals surface area contributed by atoms with Crippen molar-refractivity contribution >= 4 is 17.5 Å². The van der Waals surface area contributed by atoms with Crippen LogP contribution in [0.5, 0.6) is 0 Å². The van der Waals surface area contributed by atoms with Gasteiger partial charge in [0, 0.05) is 30.6 Å². The van der Waals surface area contributed by atoms with Gasteiger partial charge in [-0.15, -0.1) is 0 Å². The minimum Gasteiger partial charge on any atom is -0.352 e. The molecule has 0 bridgehead atoms. The topological polar surface area (TPSA) is 84.2 Å². The Balaban J connectivity index is 1.84. The zero-order valence-corrected chi connectivity index (χ0v) is 14.0. The quantitative estimate of drug-likeness (QED) is 0.720. The van der Waals surface area contributed by atoms with Crippen molar-refractivity contribution in [2.45, 2.75) is 45.6 Å². The van der Waals surface area contributed by atoms with Crippen LogP contribution in [-0.2, 0) is 16.0 Å². The number of hydrogen-bond acceptors (Lipinski definition) is 3. The molecule has 23 heavy (non-hydrogen) atoms.